The van der Waals surface area contributed by atoms with Gasteiger partial charge in [-0.05, 0) is 24.7 Å². The van der Waals surface area contributed by atoms with Crippen LogP contribution in [0.1, 0.15) is 19.3 Å². The summed E-state index contributed by atoms with van der Waals surface area (Å²) in [7, 11) is 0. The standard InChI is InChI=1S/C11H17ClN4O/c12-9-10(13)15-6-16-11(9)14-4-7-2-1-3-8(7)5-17/h6-8,17H,1-5H2,(H3,13,14,15,16). The average Bonchev–Trinajstić information content (AvgIpc) is 2.78. The molecule has 6 heteroatoms. The van der Waals surface area contributed by atoms with Crippen LogP contribution in [0.3, 0.4) is 0 Å². The molecule has 4 N–H and O–H groups in total. The van der Waals surface area contributed by atoms with Crippen molar-refractivity contribution in [2.24, 2.45) is 11.8 Å². The van der Waals surface area contributed by atoms with Gasteiger partial charge in [-0.1, -0.05) is 18.0 Å². The number of rotatable bonds is 4. The molecule has 0 radical (unpaired) electrons. The van der Waals surface area contributed by atoms with Gasteiger partial charge in [-0.3, -0.25) is 0 Å². The van der Waals surface area contributed by atoms with Crippen molar-refractivity contribution < 1.29 is 5.11 Å². The van der Waals surface area contributed by atoms with Gasteiger partial charge < -0.3 is 16.2 Å². The van der Waals surface area contributed by atoms with Gasteiger partial charge in [-0.25, -0.2) is 9.97 Å². The maximum Gasteiger partial charge on any atom is 0.150 e. The Morgan fingerprint density at radius 1 is 1.41 bits per heavy atom. The molecule has 0 spiro atoms. The number of halogens is 1. The zero-order valence-electron chi connectivity index (χ0n) is 9.56. The van der Waals surface area contributed by atoms with Gasteiger partial charge in [0, 0.05) is 13.2 Å². The highest BCUT2D eigenvalue weighted by molar-refractivity contribution is 6.35. The summed E-state index contributed by atoms with van der Waals surface area (Å²) < 4.78 is 0. The fourth-order valence-electron chi connectivity index (χ4n) is 2.36. The lowest BCUT2D eigenvalue weighted by molar-refractivity contribution is 0.199. The summed E-state index contributed by atoms with van der Waals surface area (Å²) in [5.74, 6) is 1.73. The third-order valence-corrected chi connectivity index (χ3v) is 3.77. The minimum Gasteiger partial charge on any atom is -0.396 e. The highest BCUT2D eigenvalue weighted by Crippen LogP contribution is 2.32. The zero-order valence-corrected chi connectivity index (χ0v) is 10.3. The number of hydrogen-bond acceptors (Lipinski definition) is 5. The molecule has 0 amide bonds. The molecular weight excluding hydrogens is 240 g/mol. The van der Waals surface area contributed by atoms with Gasteiger partial charge >= 0.3 is 0 Å². The van der Waals surface area contributed by atoms with Crippen LogP contribution in [0.25, 0.3) is 0 Å². The second-order valence-electron chi connectivity index (χ2n) is 4.44. The van der Waals surface area contributed by atoms with Crippen LogP contribution >= 0.6 is 11.6 Å². The molecule has 1 aromatic rings. The maximum absolute atomic E-state index is 9.23. The monoisotopic (exact) mass is 256 g/mol. The molecule has 1 saturated carbocycles. The van der Waals surface area contributed by atoms with E-state index in [0.29, 0.717) is 22.7 Å². The first-order chi connectivity index (χ1) is 8.22. The predicted molar refractivity (Wildman–Crippen MR) is 67.9 cm³/mol. The fraction of sp³-hybridized carbons (Fsp3) is 0.636. The van der Waals surface area contributed by atoms with Gasteiger partial charge in [0.1, 0.15) is 23.0 Å². The SMILES string of the molecule is Nc1ncnc(NCC2CCCC2CO)c1Cl. The minimum absolute atomic E-state index is 0.256. The van der Waals surface area contributed by atoms with Crippen LogP contribution in [0.2, 0.25) is 5.02 Å². The maximum atomic E-state index is 9.23. The summed E-state index contributed by atoms with van der Waals surface area (Å²) in [6.45, 7) is 1.02. The second kappa shape index (κ2) is 5.51. The van der Waals surface area contributed by atoms with E-state index in [2.05, 4.69) is 15.3 Å². The number of aliphatic hydroxyl groups is 1. The summed E-state index contributed by atoms with van der Waals surface area (Å²) >= 11 is 5.99. The third kappa shape index (κ3) is 2.79. The van der Waals surface area contributed by atoms with E-state index in [1.807, 2.05) is 0 Å². The van der Waals surface area contributed by atoms with Crippen molar-refractivity contribution in [3.63, 3.8) is 0 Å². The Morgan fingerprint density at radius 3 is 2.94 bits per heavy atom. The lowest BCUT2D eigenvalue weighted by Crippen LogP contribution is -2.21. The van der Waals surface area contributed by atoms with Crippen LogP contribution in [0.4, 0.5) is 11.6 Å². The molecule has 5 nitrogen and oxygen atoms in total. The molecule has 1 aromatic heterocycles. The molecule has 2 rings (SSSR count). The van der Waals surface area contributed by atoms with Crippen molar-refractivity contribution in [1.82, 2.24) is 9.97 Å². The van der Waals surface area contributed by atoms with Crippen molar-refractivity contribution in [3.05, 3.63) is 11.3 Å². The van der Waals surface area contributed by atoms with E-state index in [0.717, 1.165) is 19.4 Å². The van der Waals surface area contributed by atoms with Gasteiger partial charge in [0.2, 0.25) is 0 Å². The van der Waals surface area contributed by atoms with Crippen LogP contribution in [-0.2, 0) is 0 Å². The number of aromatic nitrogens is 2. The highest BCUT2D eigenvalue weighted by Gasteiger charge is 2.26. The molecule has 1 aliphatic carbocycles. The molecule has 17 heavy (non-hydrogen) atoms. The van der Waals surface area contributed by atoms with E-state index in [-0.39, 0.29) is 12.4 Å². The van der Waals surface area contributed by atoms with Gasteiger partial charge in [0.15, 0.2) is 0 Å². The first kappa shape index (κ1) is 12.4. The van der Waals surface area contributed by atoms with Crippen LogP contribution in [0.5, 0.6) is 0 Å². The van der Waals surface area contributed by atoms with Crippen LogP contribution < -0.4 is 11.1 Å². The number of aliphatic hydroxyl groups excluding tert-OH is 1. The van der Waals surface area contributed by atoms with E-state index < -0.39 is 0 Å². The molecular formula is C11H17ClN4O. The fourth-order valence-corrected chi connectivity index (χ4v) is 2.52. The molecule has 0 aliphatic heterocycles. The van der Waals surface area contributed by atoms with E-state index in [1.54, 1.807) is 0 Å². The number of nitrogen functional groups attached to an aromatic ring is 1. The average molecular weight is 257 g/mol. The molecule has 1 fully saturated rings. The van der Waals surface area contributed by atoms with Crippen molar-refractivity contribution >= 4 is 23.2 Å². The van der Waals surface area contributed by atoms with Crippen molar-refractivity contribution in [2.45, 2.75) is 19.3 Å². The lowest BCUT2D eigenvalue weighted by Gasteiger charge is -2.18. The summed E-state index contributed by atoms with van der Waals surface area (Å²) in [6, 6.07) is 0. The first-order valence-corrected chi connectivity index (χ1v) is 6.21. The number of nitrogens with one attached hydrogen (secondary N) is 1. The second-order valence-corrected chi connectivity index (χ2v) is 4.81. The molecule has 94 valence electrons. The van der Waals surface area contributed by atoms with Gasteiger partial charge in [-0.2, -0.15) is 0 Å². The summed E-state index contributed by atoms with van der Waals surface area (Å²) in [5.41, 5.74) is 5.59. The molecule has 0 bridgehead atoms. The van der Waals surface area contributed by atoms with E-state index >= 15 is 0 Å². The van der Waals surface area contributed by atoms with E-state index in [4.69, 9.17) is 17.3 Å². The van der Waals surface area contributed by atoms with Crippen molar-refractivity contribution in [2.75, 3.05) is 24.2 Å². The van der Waals surface area contributed by atoms with Gasteiger partial charge in [0.25, 0.3) is 0 Å². The third-order valence-electron chi connectivity index (χ3n) is 3.40. The van der Waals surface area contributed by atoms with Crippen LogP contribution in [0.15, 0.2) is 6.33 Å². The minimum atomic E-state index is 0.256. The molecule has 0 aromatic carbocycles. The number of hydrogen-bond donors (Lipinski definition) is 3. The van der Waals surface area contributed by atoms with Crippen LogP contribution in [0, 0.1) is 11.8 Å². The van der Waals surface area contributed by atoms with Crippen molar-refractivity contribution in [3.8, 4) is 0 Å². The molecule has 1 aliphatic rings. The summed E-state index contributed by atoms with van der Waals surface area (Å²) in [4.78, 5) is 7.86. The predicted octanol–water partition coefficient (Wildman–Crippen LogP) is 1.53. The quantitative estimate of drug-likeness (QED) is 0.761. The van der Waals surface area contributed by atoms with E-state index in [9.17, 15) is 5.11 Å². The van der Waals surface area contributed by atoms with E-state index in [1.165, 1.54) is 12.7 Å². The van der Waals surface area contributed by atoms with Gasteiger partial charge in [0.05, 0.1) is 0 Å². The number of nitrogens with zero attached hydrogens (tertiary/aromatic N) is 2. The Hall–Kier alpha value is -1.07. The lowest BCUT2D eigenvalue weighted by atomic mass is 9.97. The highest BCUT2D eigenvalue weighted by atomic mass is 35.5. The smallest absolute Gasteiger partial charge is 0.150 e. The zero-order chi connectivity index (χ0) is 12.3. The summed E-state index contributed by atoms with van der Waals surface area (Å²) in [6.07, 6.45) is 4.80. The normalized spacial score (nSPS) is 23.9. The van der Waals surface area contributed by atoms with Crippen molar-refractivity contribution in [1.29, 1.82) is 0 Å². The number of nitrogens with two attached hydrogens (primary N) is 1. The van der Waals surface area contributed by atoms with Gasteiger partial charge in [-0.15, -0.1) is 0 Å². The molecule has 2 unspecified atom stereocenters. The van der Waals surface area contributed by atoms with Crippen LogP contribution in [-0.4, -0.2) is 28.2 Å². The Balaban J connectivity index is 1.95. The first-order valence-electron chi connectivity index (χ1n) is 5.83. The molecule has 2 atom stereocenters. The molecule has 1 heterocycles. The Morgan fingerprint density at radius 2 is 2.18 bits per heavy atom. The number of anilines is 2. The Kier molecular flexibility index (Phi) is 4.02. The molecule has 0 saturated heterocycles. The Bertz CT molecular complexity index is 388. The largest absolute Gasteiger partial charge is 0.396 e. The summed E-state index contributed by atoms with van der Waals surface area (Å²) in [5, 5.41) is 12.8. The topological polar surface area (TPSA) is 84.1 Å². The Labute approximate surface area is 105 Å².